The van der Waals surface area contributed by atoms with E-state index >= 15 is 0 Å². The monoisotopic (exact) mass is 375 g/mol. The smallest absolute Gasteiger partial charge is 0.255 e. The Hall–Kier alpha value is -1.99. The van der Waals surface area contributed by atoms with E-state index in [0.29, 0.717) is 11.3 Å². The molecule has 1 N–H and O–H groups in total. The highest BCUT2D eigenvalue weighted by Crippen LogP contribution is 2.38. The van der Waals surface area contributed by atoms with Gasteiger partial charge in [-0.05, 0) is 30.3 Å². The molecule has 3 rings (SSSR count). The summed E-state index contributed by atoms with van der Waals surface area (Å²) < 4.78 is 11.4. The maximum absolute atomic E-state index is 12.8. The van der Waals surface area contributed by atoms with E-state index in [9.17, 15) is 14.4 Å². The predicted octanol–water partition coefficient (Wildman–Crippen LogP) is 2.48. The molecule has 1 aliphatic heterocycles. The van der Waals surface area contributed by atoms with Gasteiger partial charge in [-0.1, -0.05) is 32.9 Å². The minimum Gasteiger partial charge on any atom is -0.543 e. The second kappa shape index (κ2) is 6.31. The lowest BCUT2D eigenvalue weighted by atomic mass is 9.93. The Balaban J connectivity index is 1.78. The molecule has 1 aromatic carbocycles. The summed E-state index contributed by atoms with van der Waals surface area (Å²) in [6.07, 6.45) is -1.29. The number of Topliss-reactive ketones (excluding diaryl/α,β-unsaturated/α-hetero) is 2. The number of carbonyl (C=O) groups is 3. The third-order valence-corrected chi connectivity index (χ3v) is 9.79. The number of para-hydroxylation sites is 1. The summed E-state index contributed by atoms with van der Waals surface area (Å²) in [5.74, 6) is -0.271. The van der Waals surface area contributed by atoms with Crippen molar-refractivity contribution in [1.82, 2.24) is 5.32 Å². The zero-order valence-electron chi connectivity index (χ0n) is 15.8. The van der Waals surface area contributed by atoms with Crippen LogP contribution in [0.5, 0.6) is 5.75 Å². The van der Waals surface area contributed by atoms with E-state index in [-0.39, 0.29) is 23.0 Å². The highest BCUT2D eigenvalue weighted by Gasteiger charge is 2.56. The summed E-state index contributed by atoms with van der Waals surface area (Å²) in [5, 5.41) is 2.67. The zero-order chi connectivity index (χ0) is 19.3. The minimum absolute atomic E-state index is 0.0132. The quantitative estimate of drug-likeness (QED) is 0.645. The van der Waals surface area contributed by atoms with E-state index in [4.69, 9.17) is 9.16 Å². The second-order valence-electron chi connectivity index (χ2n) is 8.43. The van der Waals surface area contributed by atoms with Crippen molar-refractivity contribution in [1.29, 1.82) is 0 Å². The van der Waals surface area contributed by atoms with Crippen LogP contribution < -0.4 is 9.74 Å². The summed E-state index contributed by atoms with van der Waals surface area (Å²) in [4.78, 5) is 36.8. The average Bonchev–Trinajstić information content (AvgIpc) is 3.32. The van der Waals surface area contributed by atoms with E-state index < -0.39 is 32.5 Å². The topological polar surface area (TPSA) is 85.0 Å². The molecule has 6 nitrogen and oxygen atoms in total. The number of epoxide rings is 1. The van der Waals surface area contributed by atoms with Crippen LogP contribution in [0.15, 0.2) is 24.3 Å². The molecule has 26 heavy (non-hydrogen) atoms. The van der Waals surface area contributed by atoms with Crippen LogP contribution in [-0.2, 0) is 14.3 Å². The number of fused-ring (bicyclic) bond motifs is 1. The summed E-state index contributed by atoms with van der Waals surface area (Å²) in [6.45, 7) is 10.6. The van der Waals surface area contributed by atoms with Gasteiger partial charge in [-0.25, -0.2) is 0 Å². The molecule has 1 amide bonds. The van der Waals surface area contributed by atoms with Crippen molar-refractivity contribution in [2.24, 2.45) is 0 Å². The maximum atomic E-state index is 12.8. The maximum Gasteiger partial charge on any atom is 0.255 e. The number of nitrogens with one attached hydrogen (secondary N) is 1. The Morgan fingerprint density at radius 2 is 1.85 bits per heavy atom. The highest BCUT2D eigenvalue weighted by molar-refractivity contribution is 6.74. The molecule has 2 fully saturated rings. The van der Waals surface area contributed by atoms with Gasteiger partial charge in [-0.3, -0.25) is 14.4 Å². The lowest BCUT2D eigenvalue weighted by Crippen LogP contribution is -2.48. The molecule has 1 aliphatic carbocycles. The summed E-state index contributed by atoms with van der Waals surface area (Å²) >= 11 is 0. The van der Waals surface area contributed by atoms with Gasteiger partial charge in [-0.2, -0.15) is 0 Å². The van der Waals surface area contributed by atoms with Crippen molar-refractivity contribution in [3.63, 3.8) is 0 Å². The standard InChI is InChI=1S/C19H25NO5Si/c1-19(2,3)26(4,5)25-14-9-7-6-8-11(14)18(23)20-12-10-13(21)16-17(24-16)15(12)22/h6-9,12,16-17H,10H2,1-5H3,(H,20,23). The Morgan fingerprint density at radius 1 is 1.19 bits per heavy atom. The number of rotatable bonds is 4. The second-order valence-corrected chi connectivity index (χ2v) is 13.2. The molecule has 140 valence electrons. The Bertz CT molecular complexity index is 767. The van der Waals surface area contributed by atoms with Gasteiger partial charge in [0.1, 0.15) is 5.75 Å². The van der Waals surface area contributed by atoms with Crippen molar-refractivity contribution in [2.75, 3.05) is 0 Å². The number of ketones is 2. The highest BCUT2D eigenvalue weighted by atomic mass is 28.4. The Morgan fingerprint density at radius 3 is 2.50 bits per heavy atom. The third-order valence-electron chi connectivity index (χ3n) is 5.45. The van der Waals surface area contributed by atoms with Crippen LogP contribution in [0, 0.1) is 0 Å². The third kappa shape index (κ3) is 3.46. The van der Waals surface area contributed by atoms with Gasteiger partial charge in [0, 0.05) is 6.42 Å². The van der Waals surface area contributed by atoms with Crippen LogP contribution in [-0.4, -0.2) is 44.0 Å². The van der Waals surface area contributed by atoms with Crippen LogP contribution in [0.4, 0.5) is 0 Å². The van der Waals surface area contributed by atoms with Gasteiger partial charge in [0.2, 0.25) is 0 Å². The molecule has 1 saturated carbocycles. The molecule has 3 unspecified atom stereocenters. The van der Waals surface area contributed by atoms with E-state index in [1.54, 1.807) is 18.2 Å². The first-order valence-electron chi connectivity index (χ1n) is 8.82. The molecule has 3 atom stereocenters. The molecule has 0 bridgehead atoms. The van der Waals surface area contributed by atoms with Gasteiger partial charge in [0.05, 0.1) is 11.6 Å². The molecule has 2 aliphatic rings. The van der Waals surface area contributed by atoms with E-state index in [0.717, 1.165) is 0 Å². The average molecular weight is 375 g/mol. The number of amides is 1. The fraction of sp³-hybridized carbons (Fsp3) is 0.526. The normalized spacial score (nSPS) is 25.5. The SMILES string of the molecule is CC(C)(C)[Si](C)(C)Oc1ccccc1C(=O)NC1CC(=O)C2OC2C1=O. The first-order chi connectivity index (χ1) is 12.0. The van der Waals surface area contributed by atoms with E-state index in [1.165, 1.54) is 0 Å². The molecular weight excluding hydrogens is 350 g/mol. The summed E-state index contributed by atoms with van der Waals surface area (Å²) in [6, 6.07) is 6.17. The van der Waals surface area contributed by atoms with Crippen LogP contribution in [0.1, 0.15) is 37.6 Å². The molecule has 1 saturated heterocycles. The van der Waals surface area contributed by atoms with Crippen molar-refractivity contribution < 1.29 is 23.5 Å². The molecular formula is C19H25NO5Si. The van der Waals surface area contributed by atoms with Crippen LogP contribution in [0.2, 0.25) is 18.1 Å². The summed E-state index contributed by atoms with van der Waals surface area (Å²) in [5.41, 5.74) is 0.372. The van der Waals surface area contributed by atoms with Gasteiger partial charge in [0.15, 0.2) is 23.8 Å². The number of hydrogen-bond acceptors (Lipinski definition) is 5. The van der Waals surface area contributed by atoms with Crippen LogP contribution in [0.3, 0.4) is 0 Å². The first-order valence-corrected chi connectivity index (χ1v) is 11.7. The van der Waals surface area contributed by atoms with Crippen molar-refractivity contribution in [3.8, 4) is 5.75 Å². The predicted molar refractivity (Wildman–Crippen MR) is 98.8 cm³/mol. The summed E-state index contributed by atoms with van der Waals surface area (Å²) in [7, 11) is -2.13. The molecule has 1 aromatic rings. The lowest BCUT2D eigenvalue weighted by molar-refractivity contribution is -0.128. The van der Waals surface area contributed by atoms with Crippen molar-refractivity contribution in [3.05, 3.63) is 29.8 Å². The zero-order valence-corrected chi connectivity index (χ0v) is 16.8. The van der Waals surface area contributed by atoms with Crippen molar-refractivity contribution >= 4 is 25.8 Å². The van der Waals surface area contributed by atoms with Gasteiger partial charge in [0.25, 0.3) is 14.2 Å². The number of benzene rings is 1. The van der Waals surface area contributed by atoms with Crippen molar-refractivity contribution in [2.45, 2.75) is 63.6 Å². The van der Waals surface area contributed by atoms with E-state index in [1.807, 2.05) is 6.07 Å². The van der Waals surface area contributed by atoms with Gasteiger partial charge in [-0.15, -0.1) is 0 Å². The largest absolute Gasteiger partial charge is 0.543 e. The molecule has 0 radical (unpaired) electrons. The van der Waals surface area contributed by atoms with Gasteiger partial charge >= 0.3 is 0 Å². The molecule has 0 spiro atoms. The molecule has 7 heteroatoms. The minimum atomic E-state index is -2.13. The molecule has 0 aromatic heterocycles. The number of ether oxygens (including phenoxy) is 1. The first kappa shape index (κ1) is 18.8. The molecule has 1 heterocycles. The van der Waals surface area contributed by atoms with E-state index in [2.05, 4.69) is 39.2 Å². The fourth-order valence-electron chi connectivity index (χ4n) is 2.72. The fourth-order valence-corrected chi connectivity index (χ4v) is 3.75. The van der Waals surface area contributed by atoms with Crippen LogP contribution in [0.25, 0.3) is 0 Å². The van der Waals surface area contributed by atoms with Gasteiger partial charge < -0.3 is 14.5 Å². The number of hydrogen-bond donors (Lipinski definition) is 1. The lowest BCUT2D eigenvalue weighted by Gasteiger charge is -2.37. The van der Waals surface area contributed by atoms with Crippen LogP contribution >= 0.6 is 0 Å². The Kier molecular flexibility index (Phi) is 4.56. The number of carbonyl (C=O) groups excluding carboxylic acids is 3. The Labute approximate surface area is 154 Å².